The maximum absolute atomic E-state index is 13.0. The summed E-state index contributed by atoms with van der Waals surface area (Å²) in [4.78, 5) is 25.2. The van der Waals surface area contributed by atoms with E-state index < -0.39 is 4.92 Å². The number of nitro benzene ring substituents is 1. The van der Waals surface area contributed by atoms with Crippen molar-refractivity contribution in [2.45, 2.75) is 19.6 Å². The number of amides is 1. The van der Waals surface area contributed by atoms with Crippen LogP contribution in [0.25, 0.3) is 0 Å². The first kappa shape index (κ1) is 21.8. The van der Waals surface area contributed by atoms with Crippen molar-refractivity contribution in [3.05, 3.63) is 99.6 Å². The van der Waals surface area contributed by atoms with Crippen molar-refractivity contribution in [2.24, 2.45) is 0 Å². The largest absolute Gasteiger partial charge is 0.493 e. The Hall–Kier alpha value is -3.87. The molecule has 0 bridgehead atoms. The molecule has 0 N–H and O–H groups in total. The lowest BCUT2D eigenvalue weighted by atomic mass is 10.1. The fourth-order valence-corrected chi connectivity index (χ4v) is 3.16. The highest BCUT2D eigenvalue weighted by molar-refractivity contribution is 5.95. The lowest BCUT2D eigenvalue weighted by molar-refractivity contribution is -0.384. The van der Waals surface area contributed by atoms with Gasteiger partial charge in [0.05, 0.1) is 18.1 Å². The van der Waals surface area contributed by atoms with E-state index in [-0.39, 0.29) is 17.6 Å². The number of rotatable bonds is 8. The summed E-state index contributed by atoms with van der Waals surface area (Å²) in [6, 6.07) is 20.7. The number of nitro groups is 1. The van der Waals surface area contributed by atoms with Gasteiger partial charge in [-0.3, -0.25) is 14.9 Å². The molecule has 1 amide bonds. The van der Waals surface area contributed by atoms with Gasteiger partial charge in [0.2, 0.25) is 0 Å². The third-order valence-electron chi connectivity index (χ3n) is 5.11. The van der Waals surface area contributed by atoms with Gasteiger partial charge in [-0.1, -0.05) is 42.5 Å². The number of carbonyl (C=O) groups excluding carboxylic acids is 1. The summed E-state index contributed by atoms with van der Waals surface area (Å²) in [7, 11) is 3.19. The number of ether oxygens (including phenoxy) is 2. The lowest BCUT2D eigenvalue weighted by Crippen LogP contribution is -2.29. The second-order valence-electron chi connectivity index (χ2n) is 7.08. The molecule has 1 atom stereocenters. The Labute approximate surface area is 181 Å². The molecule has 0 aliphatic carbocycles. The molecule has 0 saturated carbocycles. The Balaban J connectivity index is 1.76. The Morgan fingerprint density at radius 2 is 1.77 bits per heavy atom. The van der Waals surface area contributed by atoms with E-state index in [0.717, 1.165) is 5.56 Å². The molecule has 1 unspecified atom stereocenters. The van der Waals surface area contributed by atoms with Crippen LogP contribution in [-0.2, 0) is 6.61 Å². The first-order valence-electron chi connectivity index (χ1n) is 9.77. The maximum Gasteiger partial charge on any atom is 0.269 e. The number of nitrogens with zero attached hydrogens (tertiary/aromatic N) is 2. The molecular formula is C24H24N2O5. The van der Waals surface area contributed by atoms with Gasteiger partial charge in [-0.05, 0) is 36.2 Å². The summed E-state index contributed by atoms with van der Waals surface area (Å²) in [6.07, 6.45) is 0. The molecule has 3 aromatic carbocycles. The van der Waals surface area contributed by atoms with Gasteiger partial charge < -0.3 is 14.4 Å². The maximum atomic E-state index is 13.0. The highest BCUT2D eigenvalue weighted by atomic mass is 16.6. The summed E-state index contributed by atoms with van der Waals surface area (Å²) in [5.74, 6) is 0.766. The minimum absolute atomic E-state index is 0.00761. The number of hydrogen-bond donors (Lipinski definition) is 0. The molecular weight excluding hydrogens is 396 g/mol. The molecule has 0 heterocycles. The number of methoxy groups -OCH3 is 1. The highest BCUT2D eigenvalue weighted by Gasteiger charge is 2.22. The van der Waals surface area contributed by atoms with Gasteiger partial charge >= 0.3 is 0 Å². The second kappa shape index (κ2) is 9.75. The van der Waals surface area contributed by atoms with Crippen LogP contribution in [0.3, 0.4) is 0 Å². The summed E-state index contributed by atoms with van der Waals surface area (Å²) in [6.45, 7) is 2.21. The van der Waals surface area contributed by atoms with Crippen molar-refractivity contribution in [1.29, 1.82) is 0 Å². The van der Waals surface area contributed by atoms with Gasteiger partial charge in [0, 0.05) is 24.7 Å². The average molecular weight is 420 g/mol. The van der Waals surface area contributed by atoms with E-state index in [0.29, 0.717) is 29.2 Å². The standard InChI is InChI=1S/C24H24N2O5/c1-17(19-10-7-11-21(14-19)26(28)29)25(2)24(27)20-12-13-22(23(15-20)30-3)31-16-18-8-5-4-6-9-18/h4-15,17H,16H2,1-3H3. The van der Waals surface area contributed by atoms with Crippen molar-refractivity contribution in [3.8, 4) is 11.5 Å². The monoisotopic (exact) mass is 420 g/mol. The van der Waals surface area contributed by atoms with Gasteiger partial charge in [-0.2, -0.15) is 0 Å². The quantitative estimate of drug-likeness (QED) is 0.378. The molecule has 31 heavy (non-hydrogen) atoms. The van der Waals surface area contributed by atoms with E-state index in [2.05, 4.69) is 0 Å². The first-order chi connectivity index (χ1) is 14.9. The van der Waals surface area contributed by atoms with Crippen LogP contribution >= 0.6 is 0 Å². The minimum Gasteiger partial charge on any atom is -0.493 e. The molecule has 160 valence electrons. The van der Waals surface area contributed by atoms with Crippen LogP contribution in [0.4, 0.5) is 5.69 Å². The lowest BCUT2D eigenvalue weighted by Gasteiger charge is -2.25. The average Bonchev–Trinajstić information content (AvgIpc) is 2.81. The van der Waals surface area contributed by atoms with Crippen molar-refractivity contribution < 1.29 is 19.2 Å². The van der Waals surface area contributed by atoms with Crippen LogP contribution in [0.15, 0.2) is 72.8 Å². The molecule has 0 saturated heterocycles. The van der Waals surface area contributed by atoms with Crippen molar-refractivity contribution in [2.75, 3.05) is 14.2 Å². The van der Waals surface area contributed by atoms with E-state index in [1.54, 1.807) is 42.3 Å². The van der Waals surface area contributed by atoms with Crippen LogP contribution in [-0.4, -0.2) is 29.9 Å². The van der Waals surface area contributed by atoms with Gasteiger partial charge in [0.1, 0.15) is 6.61 Å². The zero-order chi connectivity index (χ0) is 22.4. The Bertz CT molecular complexity index is 1070. The molecule has 0 aliphatic heterocycles. The Morgan fingerprint density at radius 1 is 1.03 bits per heavy atom. The van der Waals surface area contributed by atoms with Crippen LogP contribution in [0.1, 0.15) is 34.5 Å². The summed E-state index contributed by atoms with van der Waals surface area (Å²) in [5.41, 5.74) is 2.13. The fourth-order valence-electron chi connectivity index (χ4n) is 3.16. The highest BCUT2D eigenvalue weighted by Crippen LogP contribution is 2.31. The Morgan fingerprint density at radius 3 is 2.45 bits per heavy atom. The van der Waals surface area contributed by atoms with Gasteiger partial charge in [0.25, 0.3) is 11.6 Å². The zero-order valence-electron chi connectivity index (χ0n) is 17.6. The molecule has 7 nitrogen and oxygen atoms in total. The van der Waals surface area contributed by atoms with Crippen LogP contribution < -0.4 is 9.47 Å². The van der Waals surface area contributed by atoms with Gasteiger partial charge in [-0.25, -0.2) is 0 Å². The predicted octanol–water partition coefficient (Wildman–Crippen LogP) is 5.02. The predicted molar refractivity (Wildman–Crippen MR) is 117 cm³/mol. The third-order valence-corrected chi connectivity index (χ3v) is 5.11. The summed E-state index contributed by atoms with van der Waals surface area (Å²) in [5, 5.41) is 11.0. The van der Waals surface area contributed by atoms with E-state index in [9.17, 15) is 14.9 Å². The topological polar surface area (TPSA) is 81.9 Å². The minimum atomic E-state index is -0.447. The smallest absolute Gasteiger partial charge is 0.269 e. The summed E-state index contributed by atoms with van der Waals surface area (Å²) < 4.78 is 11.3. The second-order valence-corrected chi connectivity index (χ2v) is 7.08. The normalized spacial score (nSPS) is 11.5. The van der Waals surface area contributed by atoms with E-state index >= 15 is 0 Å². The number of hydrogen-bond acceptors (Lipinski definition) is 5. The molecule has 0 spiro atoms. The zero-order valence-corrected chi connectivity index (χ0v) is 17.6. The van der Waals surface area contributed by atoms with Crippen molar-refractivity contribution in [3.63, 3.8) is 0 Å². The molecule has 0 radical (unpaired) electrons. The van der Waals surface area contributed by atoms with Crippen molar-refractivity contribution >= 4 is 11.6 Å². The van der Waals surface area contributed by atoms with Gasteiger partial charge in [-0.15, -0.1) is 0 Å². The Kier molecular flexibility index (Phi) is 6.87. The van der Waals surface area contributed by atoms with E-state index in [4.69, 9.17) is 9.47 Å². The van der Waals surface area contributed by atoms with E-state index in [1.165, 1.54) is 19.2 Å². The van der Waals surface area contributed by atoms with Crippen LogP contribution in [0.2, 0.25) is 0 Å². The molecule has 7 heteroatoms. The summed E-state index contributed by atoms with van der Waals surface area (Å²) >= 11 is 0. The number of non-ortho nitro benzene ring substituents is 1. The van der Waals surface area contributed by atoms with Gasteiger partial charge in [0.15, 0.2) is 11.5 Å². The molecule has 3 rings (SSSR count). The third kappa shape index (κ3) is 5.19. The van der Waals surface area contributed by atoms with Crippen LogP contribution in [0, 0.1) is 10.1 Å². The molecule has 0 aliphatic rings. The van der Waals surface area contributed by atoms with Crippen LogP contribution in [0.5, 0.6) is 11.5 Å². The number of carbonyl (C=O) groups is 1. The molecule has 3 aromatic rings. The van der Waals surface area contributed by atoms with E-state index in [1.807, 2.05) is 37.3 Å². The number of benzene rings is 3. The SMILES string of the molecule is COc1cc(C(=O)N(C)C(C)c2cccc([N+](=O)[O-])c2)ccc1OCc1ccccc1. The molecule has 0 fully saturated rings. The molecule has 0 aromatic heterocycles. The first-order valence-corrected chi connectivity index (χ1v) is 9.77. The fraction of sp³-hybridized carbons (Fsp3) is 0.208. The van der Waals surface area contributed by atoms with Crippen molar-refractivity contribution in [1.82, 2.24) is 4.90 Å².